The molecule has 6 heteroatoms. The predicted molar refractivity (Wildman–Crippen MR) is 95.7 cm³/mol. The van der Waals surface area contributed by atoms with Crippen molar-refractivity contribution >= 4 is 23.5 Å². The third kappa shape index (κ3) is 6.31. The zero-order valence-corrected chi connectivity index (χ0v) is 14.5. The second kappa shape index (κ2) is 9.49. The van der Waals surface area contributed by atoms with Gasteiger partial charge in [0.25, 0.3) is 5.91 Å². The Morgan fingerprint density at radius 1 is 1.16 bits per heavy atom. The molecule has 25 heavy (non-hydrogen) atoms. The van der Waals surface area contributed by atoms with Crippen LogP contribution >= 0.6 is 11.6 Å². The van der Waals surface area contributed by atoms with Crippen molar-refractivity contribution in [2.24, 2.45) is 0 Å². The number of nitrogens with one attached hydrogen (secondary N) is 1. The molecule has 0 aliphatic heterocycles. The van der Waals surface area contributed by atoms with Crippen molar-refractivity contribution in [2.75, 3.05) is 13.7 Å². The highest BCUT2D eigenvalue weighted by Gasteiger charge is 2.05. The number of ether oxygens (including phenoxy) is 2. The number of benzene rings is 2. The lowest BCUT2D eigenvalue weighted by Crippen LogP contribution is -2.23. The van der Waals surface area contributed by atoms with E-state index in [0.29, 0.717) is 22.9 Å². The van der Waals surface area contributed by atoms with Gasteiger partial charge in [0, 0.05) is 23.2 Å². The van der Waals surface area contributed by atoms with Crippen molar-refractivity contribution in [2.45, 2.75) is 6.61 Å². The molecule has 0 aliphatic carbocycles. The van der Waals surface area contributed by atoms with Crippen molar-refractivity contribution in [3.8, 4) is 5.75 Å². The van der Waals surface area contributed by atoms with Gasteiger partial charge >= 0.3 is 5.97 Å². The summed E-state index contributed by atoms with van der Waals surface area (Å²) in [5.74, 6) is 0.00524. The molecular weight excluding hydrogens is 342 g/mol. The standard InChI is InChI=1S/C19H18ClNO4/c1-24-18(22)6-3-11-21-19(23)15-5-2-4-14(12-15)13-25-17-9-7-16(20)8-10-17/h2-10,12H,11,13H2,1H3,(H,21,23)/b6-3+. The van der Waals surface area contributed by atoms with Crippen LogP contribution in [0, 0.1) is 0 Å². The fraction of sp³-hybridized carbons (Fsp3) is 0.158. The van der Waals surface area contributed by atoms with Gasteiger partial charge in [-0.25, -0.2) is 4.79 Å². The fourth-order valence-corrected chi connectivity index (χ4v) is 2.10. The van der Waals surface area contributed by atoms with Gasteiger partial charge in [0.15, 0.2) is 0 Å². The molecule has 0 bridgehead atoms. The molecule has 0 atom stereocenters. The van der Waals surface area contributed by atoms with Crippen LogP contribution in [-0.4, -0.2) is 25.5 Å². The number of esters is 1. The summed E-state index contributed by atoms with van der Waals surface area (Å²) in [6.45, 7) is 0.574. The summed E-state index contributed by atoms with van der Waals surface area (Å²) in [6.07, 6.45) is 2.79. The van der Waals surface area contributed by atoms with E-state index in [2.05, 4.69) is 10.1 Å². The molecule has 5 nitrogen and oxygen atoms in total. The number of rotatable bonds is 7. The van der Waals surface area contributed by atoms with Crippen LogP contribution in [0.1, 0.15) is 15.9 Å². The van der Waals surface area contributed by atoms with Crippen molar-refractivity contribution < 1.29 is 19.1 Å². The van der Waals surface area contributed by atoms with E-state index in [0.717, 1.165) is 5.56 Å². The topological polar surface area (TPSA) is 64.6 Å². The summed E-state index contributed by atoms with van der Waals surface area (Å²) in [6, 6.07) is 14.2. The van der Waals surface area contributed by atoms with E-state index >= 15 is 0 Å². The maximum absolute atomic E-state index is 12.1. The summed E-state index contributed by atoms with van der Waals surface area (Å²) in [5.41, 5.74) is 1.39. The monoisotopic (exact) mass is 359 g/mol. The van der Waals surface area contributed by atoms with Crippen molar-refractivity contribution in [3.63, 3.8) is 0 Å². The van der Waals surface area contributed by atoms with Gasteiger partial charge in [0.1, 0.15) is 12.4 Å². The summed E-state index contributed by atoms with van der Waals surface area (Å²) in [7, 11) is 1.29. The van der Waals surface area contributed by atoms with Crippen molar-refractivity contribution in [3.05, 3.63) is 76.8 Å². The molecule has 0 saturated heterocycles. The number of carbonyl (C=O) groups is 2. The van der Waals surface area contributed by atoms with Crippen molar-refractivity contribution in [1.82, 2.24) is 5.32 Å². The van der Waals surface area contributed by atoms with Crippen LogP contribution in [0.2, 0.25) is 5.02 Å². The molecule has 0 unspecified atom stereocenters. The lowest BCUT2D eigenvalue weighted by atomic mass is 10.1. The normalized spacial score (nSPS) is 10.5. The molecular formula is C19H18ClNO4. The lowest BCUT2D eigenvalue weighted by Gasteiger charge is -2.08. The van der Waals surface area contributed by atoms with Crippen LogP contribution in [0.25, 0.3) is 0 Å². The Morgan fingerprint density at radius 3 is 2.64 bits per heavy atom. The van der Waals surface area contributed by atoms with Gasteiger partial charge in [0.2, 0.25) is 0 Å². The molecule has 0 saturated carbocycles. The van der Waals surface area contributed by atoms with E-state index < -0.39 is 5.97 Å². The van der Waals surface area contributed by atoms with Crippen LogP contribution in [0.3, 0.4) is 0 Å². The molecule has 2 rings (SSSR count). The number of halogens is 1. The maximum atomic E-state index is 12.1. The molecule has 0 fully saturated rings. The number of amides is 1. The van der Waals surface area contributed by atoms with E-state index in [1.807, 2.05) is 6.07 Å². The third-order valence-corrected chi connectivity index (χ3v) is 3.50. The molecule has 2 aromatic carbocycles. The highest BCUT2D eigenvalue weighted by molar-refractivity contribution is 6.30. The summed E-state index contributed by atoms with van der Waals surface area (Å²) >= 11 is 5.83. The molecule has 1 amide bonds. The number of hydrogen-bond donors (Lipinski definition) is 1. The lowest BCUT2D eigenvalue weighted by molar-refractivity contribution is -0.134. The highest BCUT2D eigenvalue weighted by atomic mass is 35.5. The van der Waals surface area contributed by atoms with E-state index in [1.54, 1.807) is 42.5 Å². The Balaban J connectivity index is 1.89. The van der Waals surface area contributed by atoms with Crippen LogP contribution in [-0.2, 0) is 16.1 Å². The summed E-state index contributed by atoms with van der Waals surface area (Å²) in [4.78, 5) is 23.0. The van der Waals surface area contributed by atoms with Gasteiger partial charge < -0.3 is 14.8 Å². The highest BCUT2D eigenvalue weighted by Crippen LogP contribution is 2.17. The Bertz CT molecular complexity index is 756. The molecule has 130 valence electrons. The van der Waals surface area contributed by atoms with Crippen LogP contribution in [0.15, 0.2) is 60.7 Å². The van der Waals surface area contributed by atoms with Crippen molar-refractivity contribution in [1.29, 1.82) is 0 Å². The Kier molecular flexibility index (Phi) is 7.04. The fourth-order valence-electron chi connectivity index (χ4n) is 1.98. The number of carbonyl (C=O) groups excluding carboxylic acids is 2. The smallest absolute Gasteiger partial charge is 0.330 e. The van der Waals surface area contributed by atoms with Crippen LogP contribution < -0.4 is 10.1 Å². The summed E-state index contributed by atoms with van der Waals surface area (Å²) in [5, 5.41) is 3.34. The quantitative estimate of drug-likeness (QED) is 0.608. The van der Waals surface area contributed by atoms with E-state index in [-0.39, 0.29) is 12.5 Å². The Morgan fingerprint density at radius 2 is 1.92 bits per heavy atom. The number of methoxy groups -OCH3 is 1. The van der Waals surface area contributed by atoms with Crippen LogP contribution in [0.5, 0.6) is 5.75 Å². The first-order valence-corrected chi connectivity index (χ1v) is 7.96. The largest absolute Gasteiger partial charge is 0.489 e. The van der Waals surface area contributed by atoms with Gasteiger partial charge in [-0.3, -0.25) is 4.79 Å². The van der Waals surface area contributed by atoms with Gasteiger partial charge in [-0.05, 0) is 42.0 Å². The SMILES string of the molecule is COC(=O)/C=C/CNC(=O)c1cccc(COc2ccc(Cl)cc2)c1. The Labute approximate surface area is 151 Å². The van der Waals surface area contributed by atoms with Crippen LogP contribution in [0.4, 0.5) is 0 Å². The minimum Gasteiger partial charge on any atom is -0.489 e. The zero-order chi connectivity index (χ0) is 18.1. The second-order valence-electron chi connectivity index (χ2n) is 5.08. The zero-order valence-electron chi connectivity index (χ0n) is 13.7. The molecule has 0 aromatic heterocycles. The predicted octanol–water partition coefficient (Wildman–Crippen LogP) is 3.38. The van der Waals surface area contributed by atoms with Gasteiger partial charge in [-0.2, -0.15) is 0 Å². The van der Waals surface area contributed by atoms with E-state index in [9.17, 15) is 9.59 Å². The molecule has 2 aromatic rings. The molecule has 1 N–H and O–H groups in total. The van der Waals surface area contributed by atoms with E-state index in [4.69, 9.17) is 16.3 Å². The third-order valence-electron chi connectivity index (χ3n) is 3.24. The van der Waals surface area contributed by atoms with Gasteiger partial charge in [-0.1, -0.05) is 29.8 Å². The molecule has 0 aliphatic rings. The first kappa shape index (κ1) is 18.5. The average Bonchev–Trinajstić information content (AvgIpc) is 2.64. The average molecular weight is 360 g/mol. The molecule has 0 radical (unpaired) electrons. The molecule has 0 heterocycles. The number of hydrogen-bond acceptors (Lipinski definition) is 4. The van der Waals surface area contributed by atoms with Gasteiger partial charge in [-0.15, -0.1) is 0 Å². The maximum Gasteiger partial charge on any atom is 0.330 e. The van der Waals surface area contributed by atoms with E-state index in [1.165, 1.54) is 19.3 Å². The minimum atomic E-state index is -0.462. The van der Waals surface area contributed by atoms with Gasteiger partial charge in [0.05, 0.1) is 7.11 Å². The molecule has 0 spiro atoms. The Hall–Kier alpha value is -2.79. The second-order valence-corrected chi connectivity index (χ2v) is 5.51. The minimum absolute atomic E-state index is 0.233. The first-order chi connectivity index (χ1) is 12.1. The first-order valence-electron chi connectivity index (χ1n) is 7.58. The summed E-state index contributed by atoms with van der Waals surface area (Å²) < 4.78 is 10.1.